The van der Waals surface area contributed by atoms with Crippen LogP contribution in [0.5, 0.6) is 5.75 Å². The average molecular weight is 513 g/mol. The molecule has 1 heterocycles. The number of nitrogens with zero attached hydrogens (tertiary/aromatic N) is 1. The van der Waals surface area contributed by atoms with Crippen molar-refractivity contribution in [3.05, 3.63) is 86.2 Å². The molecule has 0 bridgehead atoms. The second kappa shape index (κ2) is 10.4. The number of nitrogens with one attached hydrogen (secondary N) is 3. The molecule has 1 aromatic heterocycles. The predicted molar refractivity (Wildman–Crippen MR) is 135 cm³/mol. The molecule has 3 aromatic rings. The Kier molecular flexibility index (Phi) is 7.30. The predicted octanol–water partition coefficient (Wildman–Crippen LogP) is 2.16. The molecular formula is C25H28N4O6S. The fourth-order valence-corrected chi connectivity index (χ4v) is 6.10. The van der Waals surface area contributed by atoms with E-state index in [0.717, 1.165) is 34.7 Å². The molecule has 0 radical (unpaired) electrons. The van der Waals surface area contributed by atoms with Crippen LogP contribution in [0.2, 0.25) is 0 Å². The molecule has 2 aromatic carbocycles. The zero-order valence-corrected chi connectivity index (χ0v) is 20.9. The van der Waals surface area contributed by atoms with Crippen molar-refractivity contribution in [3.8, 4) is 5.75 Å². The molecule has 1 aliphatic rings. The van der Waals surface area contributed by atoms with Crippen LogP contribution >= 0.6 is 0 Å². The lowest BCUT2D eigenvalue weighted by atomic mass is 9.88. The SMILES string of the molecule is CCOc1ccc(N(CC(=O)N[C@H]2CCCc3ccccc32)S(=O)(=O)c2c(C)[nH]c(=O)[nH]c2=O)cc1. The third kappa shape index (κ3) is 5.20. The summed E-state index contributed by atoms with van der Waals surface area (Å²) in [6, 6.07) is 13.8. The van der Waals surface area contributed by atoms with Crippen LogP contribution in [-0.2, 0) is 21.2 Å². The molecule has 0 saturated carbocycles. The standard InChI is InChI=1S/C25H28N4O6S/c1-3-35-19-13-11-18(12-14-19)29(36(33,34)23-16(2)26-25(32)28-24(23)31)15-22(30)27-21-10-6-8-17-7-4-5-9-20(17)21/h4-5,7,9,11-14,21H,3,6,8,10,15H2,1-2H3,(H,27,30)(H2,26,28,31,32)/t21-/m0/s1. The van der Waals surface area contributed by atoms with Gasteiger partial charge in [0, 0.05) is 5.69 Å². The van der Waals surface area contributed by atoms with Gasteiger partial charge in [-0.2, -0.15) is 0 Å². The molecule has 0 fully saturated rings. The van der Waals surface area contributed by atoms with E-state index in [2.05, 4.69) is 10.3 Å². The first-order valence-corrected chi connectivity index (χ1v) is 13.1. The summed E-state index contributed by atoms with van der Waals surface area (Å²) < 4.78 is 33.7. The normalized spacial score (nSPS) is 15.1. The first kappa shape index (κ1) is 25.2. The highest BCUT2D eigenvalue weighted by Crippen LogP contribution is 2.30. The van der Waals surface area contributed by atoms with Crippen LogP contribution in [0, 0.1) is 6.92 Å². The molecule has 1 amide bonds. The zero-order valence-electron chi connectivity index (χ0n) is 20.0. The van der Waals surface area contributed by atoms with Crippen molar-refractivity contribution in [1.82, 2.24) is 15.3 Å². The molecule has 4 rings (SSSR count). The van der Waals surface area contributed by atoms with Gasteiger partial charge in [-0.25, -0.2) is 13.2 Å². The Labute approximate surface area is 208 Å². The van der Waals surface area contributed by atoms with E-state index in [1.54, 1.807) is 12.1 Å². The van der Waals surface area contributed by atoms with Gasteiger partial charge in [0.05, 0.1) is 18.3 Å². The van der Waals surface area contributed by atoms with Crippen molar-refractivity contribution in [2.45, 2.75) is 44.0 Å². The van der Waals surface area contributed by atoms with Crippen LogP contribution in [0.25, 0.3) is 0 Å². The average Bonchev–Trinajstić information content (AvgIpc) is 2.83. The number of fused-ring (bicyclic) bond motifs is 1. The van der Waals surface area contributed by atoms with Gasteiger partial charge >= 0.3 is 5.69 Å². The molecule has 0 spiro atoms. The number of rotatable bonds is 8. The summed E-state index contributed by atoms with van der Waals surface area (Å²) >= 11 is 0. The van der Waals surface area contributed by atoms with Crippen LogP contribution in [0.1, 0.15) is 42.6 Å². The fraction of sp³-hybridized carbons (Fsp3) is 0.320. The largest absolute Gasteiger partial charge is 0.494 e. The number of amides is 1. The van der Waals surface area contributed by atoms with Crippen molar-refractivity contribution in [3.63, 3.8) is 0 Å². The zero-order chi connectivity index (χ0) is 25.9. The first-order valence-electron chi connectivity index (χ1n) is 11.7. The summed E-state index contributed by atoms with van der Waals surface area (Å²) in [6.07, 6.45) is 2.55. The Morgan fingerprint density at radius 1 is 1.11 bits per heavy atom. The van der Waals surface area contributed by atoms with Crippen molar-refractivity contribution >= 4 is 21.6 Å². The lowest BCUT2D eigenvalue weighted by Gasteiger charge is -2.28. The van der Waals surface area contributed by atoms with Gasteiger partial charge < -0.3 is 15.0 Å². The molecule has 0 aliphatic heterocycles. The minimum absolute atomic E-state index is 0.124. The Balaban J connectivity index is 1.69. The number of aromatic amines is 2. The number of hydrogen-bond acceptors (Lipinski definition) is 6. The van der Waals surface area contributed by atoms with E-state index in [0.29, 0.717) is 12.4 Å². The number of aryl methyl sites for hydroxylation is 2. The summed E-state index contributed by atoms with van der Waals surface area (Å²) in [4.78, 5) is 41.0. The number of ether oxygens (including phenoxy) is 1. The van der Waals surface area contributed by atoms with E-state index < -0.39 is 38.6 Å². The van der Waals surface area contributed by atoms with Crippen LogP contribution in [-0.4, -0.2) is 37.4 Å². The van der Waals surface area contributed by atoms with Crippen molar-refractivity contribution < 1.29 is 17.9 Å². The Morgan fingerprint density at radius 2 is 1.83 bits per heavy atom. The van der Waals surface area contributed by atoms with Gasteiger partial charge in [-0.05, 0) is 68.5 Å². The molecule has 11 heteroatoms. The highest BCUT2D eigenvalue weighted by atomic mass is 32.2. The highest BCUT2D eigenvalue weighted by molar-refractivity contribution is 7.92. The third-order valence-electron chi connectivity index (χ3n) is 6.05. The molecule has 1 atom stereocenters. The number of aromatic nitrogens is 2. The summed E-state index contributed by atoms with van der Waals surface area (Å²) in [5.74, 6) is 0.00704. The summed E-state index contributed by atoms with van der Waals surface area (Å²) in [5, 5.41) is 2.96. The van der Waals surface area contributed by atoms with Gasteiger partial charge in [0.1, 0.15) is 12.3 Å². The number of benzene rings is 2. The lowest BCUT2D eigenvalue weighted by Crippen LogP contribution is -2.44. The Hall–Kier alpha value is -3.86. The first-order chi connectivity index (χ1) is 17.2. The molecule has 190 valence electrons. The minimum atomic E-state index is -4.54. The van der Waals surface area contributed by atoms with Gasteiger partial charge in [-0.3, -0.25) is 18.9 Å². The van der Waals surface area contributed by atoms with Crippen molar-refractivity contribution in [2.75, 3.05) is 17.5 Å². The molecule has 10 nitrogen and oxygen atoms in total. The second-order valence-corrected chi connectivity index (χ2v) is 10.3. The molecular weight excluding hydrogens is 484 g/mol. The molecule has 0 saturated heterocycles. The third-order valence-corrected chi connectivity index (χ3v) is 7.98. The maximum atomic E-state index is 13.7. The van der Waals surface area contributed by atoms with Gasteiger partial charge in [0.15, 0.2) is 4.90 Å². The van der Waals surface area contributed by atoms with Crippen molar-refractivity contribution in [1.29, 1.82) is 0 Å². The highest BCUT2D eigenvalue weighted by Gasteiger charge is 2.33. The van der Waals surface area contributed by atoms with Gasteiger partial charge in [-0.15, -0.1) is 0 Å². The van der Waals surface area contributed by atoms with E-state index in [1.165, 1.54) is 19.1 Å². The van der Waals surface area contributed by atoms with Gasteiger partial charge in [0.2, 0.25) is 5.91 Å². The van der Waals surface area contributed by atoms with Gasteiger partial charge in [-0.1, -0.05) is 24.3 Å². The van der Waals surface area contributed by atoms with E-state index in [9.17, 15) is 22.8 Å². The summed E-state index contributed by atoms with van der Waals surface area (Å²) in [5.41, 5.74) is 0.330. The number of sulfonamides is 1. The van der Waals surface area contributed by atoms with Crippen LogP contribution in [0.15, 0.2) is 63.0 Å². The van der Waals surface area contributed by atoms with Crippen molar-refractivity contribution in [2.24, 2.45) is 0 Å². The smallest absolute Gasteiger partial charge is 0.325 e. The molecule has 0 unspecified atom stereocenters. The lowest BCUT2D eigenvalue weighted by molar-refractivity contribution is -0.120. The monoisotopic (exact) mass is 512 g/mol. The topological polar surface area (TPSA) is 141 Å². The number of anilines is 1. The van der Waals surface area contributed by atoms with E-state index in [1.807, 2.05) is 36.2 Å². The Morgan fingerprint density at radius 3 is 2.53 bits per heavy atom. The Bertz CT molecular complexity index is 1480. The fourth-order valence-electron chi connectivity index (χ4n) is 4.47. The van der Waals surface area contributed by atoms with E-state index in [-0.39, 0.29) is 17.4 Å². The van der Waals surface area contributed by atoms with Crippen LogP contribution in [0.3, 0.4) is 0 Å². The maximum absolute atomic E-state index is 13.7. The second-order valence-electron chi connectivity index (χ2n) is 8.51. The number of H-pyrrole nitrogens is 2. The van der Waals surface area contributed by atoms with E-state index in [4.69, 9.17) is 4.74 Å². The van der Waals surface area contributed by atoms with Crippen LogP contribution < -0.4 is 25.6 Å². The molecule has 1 aliphatic carbocycles. The van der Waals surface area contributed by atoms with Gasteiger partial charge in [0.25, 0.3) is 15.6 Å². The summed E-state index contributed by atoms with van der Waals surface area (Å²) in [6.45, 7) is 3.01. The summed E-state index contributed by atoms with van der Waals surface area (Å²) in [7, 11) is -4.54. The number of carbonyl (C=O) groups is 1. The molecule has 3 N–H and O–H groups in total. The van der Waals surface area contributed by atoms with Crippen LogP contribution in [0.4, 0.5) is 5.69 Å². The molecule has 36 heavy (non-hydrogen) atoms. The number of carbonyl (C=O) groups excluding carboxylic acids is 1. The maximum Gasteiger partial charge on any atom is 0.325 e. The minimum Gasteiger partial charge on any atom is -0.494 e. The number of hydrogen-bond donors (Lipinski definition) is 3. The van der Waals surface area contributed by atoms with E-state index >= 15 is 0 Å². The quantitative estimate of drug-likeness (QED) is 0.422.